The van der Waals surface area contributed by atoms with Crippen LogP contribution in [0.1, 0.15) is 0 Å². The molecule has 0 fully saturated rings. The normalized spacial score (nSPS) is 7.25. The second kappa shape index (κ2) is 7.31. The molecule has 0 aliphatic carbocycles. The van der Waals surface area contributed by atoms with Gasteiger partial charge in [-0.25, -0.2) is 0 Å². The van der Waals surface area contributed by atoms with Crippen molar-refractivity contribution in [3.63, 3.8) is 0 Å². The van der Waals surface area contributed by atoms with E-state index in [0.29, 0.717) is 0 Å². The molecule has 0 aliphatic rings. The zero-order valence-corrected chi connectivity index (χ0v) is 5.18. The Morgan fingerprint density at radius 3 is 1.00 bits per heavy atom. The van der Waals surface area contributed by atoms with Crippen molar-refractivity contribution in [3.05, 3.63) is 0 Å². The summed E-state index contributed by atoms with van der Waals surface area (Å²) in [5, 5.41) is 0. The van der Waals surface area contributed by atoms with Crippen LogP contribution in [0.15, 0.2) is 0 Å². The van der Waals surface area contributed by atoms with Crippen LogP contribution in [0.5, 0.6) is 0 Å². The molecule has 0 amide bonds. The van der Waals surface area contributed by atoms with Crippen LogP contribution >= 0.6 is 0 Å². The van der Waals surface area contributed by atoms with Crippen LogP contribution < -0.4 is 0 Å². The van der Waals surface area contributed by atoms with Gasteiger partial charge in [-0.2, -0.15) is 8.42 Å². The Kier molecular flexibility index (Phi) is 21.8. The van der Waals surface area contributed by atoms with Crippen molar-refractivity contribution in [2.24, 2.45) is 0 Å². The molecule has 59 valence electrons. The largest absolute Gasteiger partial charge is 0.412 e. The van der Waals surface area contributed by atoms with E-state index < -0.39 is 10.4 Å². The average molecular weight is 198 g/mol. The first-order valence-corrected chi connectivity index (χ1v) is 2.10. The quantitative estimate of drug-likeness (QED) is 0.333. The Hall–Kier alpha value is 0.309. The Morgan fingerprint density at radius 1 is 1.00 bits per heavy atom. The molecule has 0 spiro atoms. The minimum absolute atomic E-state index is 0. The van der Waals surface area contributed by atoms with Gasteiger partial charge in [-0.1, -0.05) is 0 Å². The molecule has 0 saturated heterocycles. The molecule has 0 aromatic carbocycles. The molecule has 0 aromatic rings. The van der Waals surface area contributed by atoms with Gasteiger partial charge in [-0.3, -0.25) is 9.11 Å². The first-order chi connectivity index (χ1) is 2.00. The Bertz CT molecular complexity index is 91.7. The van der Waals surface area contributed by atoms with Gasteiger partial charge in [0.1, 0.15) is 0 Å². The molecule has 6 N–H and O–H groups in total. The standard InChI is InChI=1S/Cu.H2O4S.2H2O/c;1-5(2,3)4;;/h;(H2,1,2,3,4);2*1H2. The van der Waals surface area contributed by atoms with Crippen LogP contribution in [-0.2, 0) is 27.5 Å². The molecule has 0 atom stereocenters. The molecular formula is H6CuO6S. The molecule has 8 heavy (non-hydrogen) atoms. The summed E-state index contributed by atoms with van der Waals surface area (Å²) in [6.07, 6.45) is 0. The number of hydrogen-bond donors (Lipinski definition) is 2. The Labute approximate surface area is 56.6 Å². The molecule has 0 aliphatic heterocycles. The molecule has 0 bridgehead atoms. The zero-order valence-electron chi connectivity index (χ0n) is 3.42. The van der Waals surface area contributed by atoms with E-state index >= 15 is 0 Å². The van der Waals surface area contributed by atoms with Gasteiger partial charge < -0.3 is 11.0 Å². The van der Waals surface area contributed by atoms with E-state index in [-0.39, 0.29) is 28.0 Å². The average Bonchev–Trinajstić information content (AvgIpc) is 0.722. The SMILES string of the molecule is O.O.O=S(=O)(O)O.[Cu]. The summed E-state index contributed by atoms with van der Waals surface area (Å²) in [4.78, 5) is 0. The smallest absolute Gasteiger partial charge is 0.394 e. The van der Waals surface area contributed by atoms with Crippen molar-refractivity contribution in [2.45, 2.75) is 0 Å². The van der Waals surface area contributed by atoms with Gasteiger partial charge in [0.2, 0.25) is 0 Å². The molecular weight excluding hydrogens is 192 g/mol. The third-order valence-electron chi connectivity index (χ3n) is 0. The van der Waals surface area contributed by atoms with E-state index in [0.717, 1.165) is 0 Å². The Balaban J connectivity index is -0.0000000267. The molecule has 0 aromatic heterocycles. The fourth-order valence-corrected chi connectivity index (χ4v) is 0. The van der Waals surface area contributed by atoms with E-state index in [2.05, 4.69) is 0 Å². The van der Waals surface area contributed by atoms with E-state index in [9.17, 15) is 0 Å². The first kappa shape index (κ1) is 23.9. The number of hydrogen-bond acceptors (Lipinski definition) is 2. The fraction of sp³-hybridized carbons (Fsp3) is 0. The maximum Gasteiger partial charge on any atom is 0.394 e. The number of rotatable bonds is 0. The maximum atomic E-state index is 8.74. The molecule has 0 saturated carbocycles. The Morgan fingerprint density at radius 2 is 1.00 bits per heavy atom. The summed E-state index contributed by atoms with van der Waals surface area (Å²) in [5.41, 5.74) is 0. The van der Waals surface area contributed by atoms with Crippen LogP contribution in [0.25, 0.3) is 0 Å². The summed E-state index contributed by atoms with van der Waals surface area (Å²) in [7, 11) is -4.67. The summed E-state index contributed by atoms with van der Waals surface area (Å²) < 4.78 is 31.6. The van der Waals surface area contributed by atoms with Crippen LogP contribution in [0.4, 0.5) is 0 Å². The van der Waals surface area contributed by atoms with E-state index in [1.54, 1.807) is 0 Å². The topological polar surface area (TPSA) is 138 Å². The van der Waals surface area contributed by atoms with Crippen LogP contribution in [0.2, 0.25) is 0 Å². The third kappa shape index (κ3) is 1860. The second-order valence-electron chi connectivity index (χ2n) is 0.448. The second-order valence-corrected chi connectivity index (χ2v) is 1.34. The van der Waals surface area contributed by atoms with Crippen LogP contribution in [0, 0.1) is 0 Å². The predicted octanol–water partition coefficient (Wildman–Crippen LogP) is -2.30. The molecule has 8 heteroatoms. The summed E-state index contributed by atoms with van der Waals surface area (Å²) in [6.45, 7) is 0. The molecule has 0 unspecified atom stereocenters. The molecule has 0 heterocycles. The van der Waals surface area contributed by atoms with Gasteiger partial charge in [0, 0.05) is 17.1 Å². The van der Waals surface area contributed by atoms with Gasteiger partial charge in [0.25, 0.3) is 0 Å². The van der Waals surface area contributed by atoms with E-state index in [1.807, 2.05) is 0 Å². The van der Waals surface area contributed by atoms with Crippen molar-refractivity contribution in [2.75, 3.05) is 0 Å². The zero-order chi connectivity index (χ0) is 4.50. The molecule has 6 nitrogen and oxygen atoms in total. The van der Waals surface area contributed by atoms with Gasteiger partial charge in [-0.15, -0.1) is 0 Å². The van der Waals surface area contributed by atoms with Gasteiger partial charge >= 0.3 is 10.4 Å². The third-order valence-corrected chi connectivity index (χ3v) is 0. The van der Waals surface area contributed by atoms with Gasteiger partial charge in [-0.05, 0) is 0 Å². The van der Waals surface area contributed by atoms with Gasteiger partial charge in [0.15, 0.2) is 0 Å². The maximum absolute atomic E-state index is 8.74. The van der Waals surface area contributed by atoms with Crippen molar-refractivity contribution in [1.29, 1.82) is 0 Å². The van der Waals surface area contributed by atoms with Crippen molar-refractivity contribution in [3.8, 4) is 0 Å². The minimum Gasteiger partial charge on any atom is -0.412 e. The van der Waals surface area contributed by atoms with Gasteiger partial charge in [0.05, 0.1) is 0 Å². The first-order valence-electron chi connectivity index (χ1n) is 0.698. The molecule has 0 rings (SSSR count). The minimum atomic E-state index is -4.67. The van der Waals surface area contributed by atoms with Crippen LogP contribution in [-0.4, -0.2) is 28.5 Å². The predicted molar refractivity (Wildman–Crippen MR) is 21.4 cm³/mol. The van der Waals surface area contributed by atoms with E-state index in [4.69, 9.17) is 17.5 Å². The summed E-state index contributed by atoms with van der Waals surface area (Å²) in [6, 6.07) is 0. The monoisotopic (exact) mass is 197 g/mol. The van der Waals surface area contributed by atoms with Crippen molar-refractivity contribution >= 4 is 10.4 Å². The van der Waals surface area contributed by atoms with Crippen molar-refractivity contribution < 1.29 is 45.5 Å². The van der Waals surface area contributed by atoms with Crippen molar-refractivity contribution in [1.82, 2.24) is 0 Å². The fourth-order valence-electron chi connectivity index (χ4n) is 0. The molecule has 1 radical (unpaired) electrons. The van der Waals surface area contributed by atoms with E-state index in [1.165, 1.54) is 0 Å². The summed E-state index contributed by atoms with van der Waals surface area (Å²) >= 11 is 0. The van der Waals surface area contributed by atoms with Crippen LogP contribution in [0.3, 0.4) is 0 Å². The summed E-state index contributed by atoms with van der Waals surface area (Å²) in [5.74, 6) is 0.